The molecule has 1 saturated heterocycles. The van der Waals surface area contributed by atoms with Crippen molar-refractivity contribution < 1.29 is 0 Å². The SMILES string of the molecule is CC(CN)(Cc1cccc(Cl)c1)CN1CCCCC1. The first-order valence-electron chi connectivity index (χ1n) is 7.28. The summed E-state index contributed by atoms with van der Waals surface area (Å²) in [7, 11) is 0. The molecule has 1 aromatic rings. The van der Waals surface area contributed by atoms with Crippen LogP contribution in [-0.4, -0.2) is 31.1 Å². The molecule has 1 aromatic carbocycles. The minimum Gasteiger partial charge on any atom is -0.330 e. The Labute approximate surface area is 121 Å². The van der Waals surface area contributed by atoms with Crippen molar-refractivity contribution in [1.82, 2.24) is 4.90 Å². The molecule has 106 valence electrons. The zero-order valence-corrected chi connectivity index (χ0v) is 12.6. The lowest BCUT2D eigenvalue weighted by atomic mass is 9.82. The topological polar surface area (TPSA) is 29.3 Å². The number of hydrogen-bond acceptors (Lipinski definition) is 2. The number of hydrogen-bond donors (Lipinski definition) is 1. The van der Waals surface area contributed by atoms with Gasteiger partial charge in [0.25, 0.3) is 0 Å². The third-order valence-corrected chi connectivity index (χ3v) is 4.30. The molecule has 1 unspecified atom stereocenters. The highest BCUT2D eigenvalue weighted by molar-refractivity contribution is 6.30. The van der Waals surface area contributed by atoms with Gasteiger partial charge < -0.3 is 10.6 Å². The summed E-state index contributed by atoms with van der Waals surface area (Å²) >= 11 is 6.07. The first kappa shape index (κ1) is 14.8. The predicted octanol–water partition coefficient (Wildman–Crippen LogP) is 3.33. The van der Waals surface area contributed by atoms with Crippen LogP contribution in [0, 0.1) is 5.41 Å². The van der Waals surface area contributed by atoms with Crippen LogP contribution in [0.1, 0.15) is 31.7 Å². The Bertz CT molecular complexity index is 401. The maximum Gasteiger partial charge on any atom is 0.0408 e. The Hall–Kier alpha value is -0.570. The van der Waals surface area contributed by atoms with Gasteiger partial charge in [-0.05, 0) is 62.0 Å². The van der Waals surface area contributed by atoms with Gasteiger partial charge in [0.05, 0.1) is 0 Å². The molecule has 0 radical (unpaired) electrons. The van der Waals surface area contributed by atoms with E-state index >= 15 is 0 Å². The molecule has 0 spiro atoms. The molecule has 1 fully saturated rings. The van der Waals surface area contributed by atoms with Crippen LogP contribution in [0.3, 0.4) is 0 Å². The smallest absolute Gasteiger partial charge is 0.0408 e. The second-order valence-electron chi connectivity index (χ2n) is 6.16. The fraction of sp³-hybridized carbons (Fsp3) is 0.625. The highest BCUT2D eigenvalue weighted by atomic mass is 35.5. The normalized spacial score (nSPS) is 20.2. The average Bonchev–Trinajstić information content (AvgIpc) is 2.40. The molecule has 0 bridgehead atoms. The van der Waals surface area contributed by atoms with Crippen molar-refractivity contribution in [3.8, 4) is 0 Å². The Balaban J connectivity index is 2.00. The van der Waals surface area contributed by atoms with Gasteiger partial charge in [0.2, 0.25) is 0 Å². The molecule has 0 saturated carbocycles. The van der Waals surface area contributed by atoms with Crippen LogP contribution in [0.25, 0.3) is 0 Å². The molecular weight excluding hydrogens is 256 g/mol. The van der Waals surface area contributed by atoms with Crippen LogP contribution in [0.4, 0.5) is 0 Å². The number of rotatable bonds is 5. The van der Waals surface area contributed by atoms with E-state index in [4.69, 9.17) is 17.3 Å². The minimum absolute atomic E-state index is 0.141. The first-order chi connectivity index (χ1) is 9.11. The van der Waals surface area contributed by atoms with Gasteiger partial charge in [-0.2, -0.15) is 0 Å². The zero-order chi connectivity index (χ0) is 13.7. The third kappa shape index (κ3) is 4.48. The van der Waals surface area contributed by atoms with Crippen LogP contribution >= 0.6 is 11.6 Å². The monoisotopic (exact) mass is 280 g/mol. The van der Waals surface area contributed by atoms with Crippen molar-refractivity contribution in [1.29, 1.82) is 0 Å². The molecular formula is C16H25ClN2. The van der Waals surface area contributed by atoms with E-state index in [-0.39, 0.29) is 5.41 Å². The lowest BCUT2D eigenvalue weighted by Gasteiger charge is -2.36. The highest BCUT2D eigenvalue weighted by Gasteiger charge is 2.26. The summed E-state index contributed by atoms with van der Waals surface area (Å²) in [5.41, 5.74) is 7.48. The minimum atomic E-state index is 0.141. The Morgan fingerprint density at radius 3 is 2.63 bits per heavy atom. The van der Waals surface area contributed by atoms with E-state index in [1.54, 1.807) is 0 Å². The summed E-state index contributed by atoms with van der Waals surface area (Å²) in [5.74, 6) is 0. The quantitative estimate of drug-likeness (QED) is 0.896. The van der Waals surface area contributed by atoms with E-state index in [0.29, 0.717) is 0 Å². The van der Waals surface area contributed by atoms with E-state index in [1.807, 2.05) is 12.1 Å². The standard InChI is InChI=1S/C16H25ClN2/c1-16(12-18,13-19-8-3-2-4-9-19)11-14-6-5-7-15(17)10-14/h5-7,10H,2-4,8-9,11-13,18H2,1H3. The molecule has 0 amide bonds. The molecule has 2 N–H and O–H groups in total. The fourth-order valence-corrected chi connectivity index (χ4v) is 3.20. The van der Waals surface area contributed by atoms with Gasteiger partial charge >= 0.3 is 0 Å². The molecule has 2 nitrogen and oxygen atoms in total. The molecule has 0 aromatic heterocycles. The van der Waals surface area contributed by atoms with E-state index < -0.39 is 0 Å². The number of halogens is 1. The van der Waals surface area contributed by atoms with Gasteiger partial charge in [-0.3, -0.25) is 0 Å². The average molecular weight is 281 g/mol. The highest BCUT2D eigenvalue weighted by Crippen LogP contribution is 2.25. The van der Waals surface area contributed by atoms with E-state index in [9.17, 15) is 0 Å². The van der Waals surface area contributed by atoms with Crippen LogP contribution in [0.15, 0.2) is 24.3 Å². The molecule has 1 aliphatic rings. The molecule has 1 aliphatic heterocycles. The van der Waals surface area contributed by atoms with E-state index in [0.717, 1.165) is 24.5 Å². The predicted molar refractivity (Wildman–Crippen MR) is 82.6 cm³/mol. The van der Waals surface area contributed by atoms with Gasteiger partial charge in [0.15, 0.2) is 0 Å². The Morgan fingerprint density at radius 1 is 1.26 bits per heavy atom. The van der Waals surface area contributed by atoms with Crippen molar-refractivity contribution in [2.45, 2.75) is 32.6 Å². The largest absolute Gasteiger partial charge is 0.330 e. The van der Waals surface area contributed by atoms with Gasteiger partial charge in [-0.1, -0.05) is 37.1 Å². The van der Waals surface area contributed by atoms with Gasteiger partial charge in [-0.15, -0.1) is 0 Å². The molecule has 3 heteroatoms. The number of nitrogens with two attached hydrogens (primary N) is 1. The van der Waals surface area contributed by atoms with Crippen molar-refractivity contribution in [2.24, 2.45) is 11.1 Å². The van der Waals surface area contributed by atoms with Gasteiger partial charge in [0.1, 0.15) is 0 Å². The van der Waals surface area contributed by atoms with Crippen molar-refractivity contribution in [3.63, 3.8) is 0 Å². The summed E-state index contributed by atoms with van der Waals surface area (Å²) in [6, 6.07) is 8.16. The molecule has 2 rings (SSSR count). The van der Waals surface area contributed by atoms with Crippen LogP contribution < -0.4 is 5.73 Å². The maximum absolute atomic E-state index is 6.07. The number of likely N-dealkylation sites (tertiary alicyclic amines) is 1. The van der Waals surface area contributed by atoms with Crippen molar-refractivity contribution in [3.05, 3.63) is 34.9 Å². The fourth-order valence-electron chi connectivity index (χ4n) is 2.99. The lowest BCUT2D eigenvalue weighted by molar-refractivity contribution is 0.145. The molecule has 1 heterocycles. The molecule has 1 atom stereocenters. The second kappa shape index (κ2) is 6.74. The van der Waals surface area contributed by atoms with Crippen LogP contribution in [-0.2, 0) is 6.42 Å². The second-order valence-corrected chi connectivity index (χ2v) is 6.59. The third-order valence-electron chi connectivity index (χ3n) is 4.07. The summed E-state index contributed by atoms with van der Waals surface area (Å²) in [5, 5.41) is 0.815. The number of nitrogens with zero attached hydrogens (tertiary/aromatic N) is 1. The van der Waals surface area contributed by atoms with E-state index in [2.05, 4.69) is 24.0 Å². The Kier molecular flexibility index (Phi) is 5.26. The summed E-state index contributed by atoms with van der Waals surface area (Å²) in [6.45, 7) is 6.56. The Morgan fingerprint density at radius 2 is 2.00 bits per heavy atom. The zero-order valence-electron chi connectivity index (χ0n) is 11.9. The molecule has 0 aliphatic carbocycles. The van der Waals surface area contributed by atoms with Crippen molar-refractivity contribution >= 4 is 11.6 Å². The van der Waals surface area contributed by atoms with Crippen LogP contribution in [0.5, 0.6) is 0 Å². The van der Waals surface area contributed by atoms with Gasteiger partial charge in [-0.25, -0.2) is 0 Å². The molecule has 19 heavy (non-hydrogen) atoms. The summed E-state index contributed by atoms with van der Waals surface area (Å²) in [4.78, 5) is 2.57. The maximum atomic E-state index is 6.07. The first-order valence-corrected chi connectivity index (χ1v) is 7.66. The summed E-state index contributed by atoms with van der Waals surface area (Å²) < 4.78 is 0. The number of benzene rings is 1. The van der Waals surface area contributed by atoms with Crippen LogP contribution in [0.2, 0.25) is 5.02 Å². The van der Waals surface area contributed by atoms with E-state index in [1.165, 1.54) is 37.9 Å². The lowest BCUT2D eigenvalue weighted by Crippen LogP contribution is -2.44. The van der Waals surface area contributed by atoms with Gasteiger partial charge in [0, 0.05) is 11.6 Å². The number of piperidine rings is 1. The van der Waals surface area contributed by atoms with Crippen molar-refractivity contribution in [2.75, 3.05) is 26.2 Å². The summed E-state index contributed by atoms with van der Waals surface area (Å²) in [6.07, 6.45) is 5.04.